The molecule has 1 aliphatic rings. The maximum absolute atomic E-state index is 3.46. The first-order valence-corrected chi connectivity index (χ1v) is 6.76. The number of nitrogens with one attached hydrogen (secondary N) is 1. The maximum atomic E-state index is 3.46. The molecule has 1 aliphatic heterocycles. The second-order valence-electron chi connectivity index (χ2n) is 4.86. The molecule has 1 rings (SSSR count). The third-order valence-electron chi connectivity index (χ3n) is 3.53. The minimum atomic E-state index is 0.776. The molecule has 2 heteroatoms. The second-order valence-corrected chi connectivity index (χ2v) is 4.86. The van der Waals surface area contributed by atoms with Gasteiger partial charge < -0.3 is 5.32 Å². The van der Waals surface area contributed by atoms with Gasteiger partial charge in [0.05, 0.1) is 0 Å². The fourth-order valence-electron chi connectivity index (χ4n) is 2.74. The highest BCUT2D eigenvalue weighted by molar-refractivity contribution is 4.80. The Morgan fingerprint density at radius 1 is 1.20 bits per heavy atom. The Labute approximate surface area is 95.4 Å². The average Bonchev–Trinajstić information content (AvgIpc) is 2.27. The Morgan fingerprint density at radius 2 is 1.87 bits per heavy atom. The van der Waals surface area contributed by atoms with Crippen LogP contribution in [0.4, 0.5) is 0 Å². The van der Waals surface area contributed by atoms with Crippen LogP contribution in [0.15, 0.2) is 0 Å². The van der Waals surface area contributed by atoms with Gasteiger partial charge in [0.1, 0.15) is 0 Å². The van der Waals surface area contributed by atoms with E-state index in [-0.39, 0.29) is 0 Å². The fraction of sp³-hybridized carbons (Fsp3) is 1.00. The van der Waals surface area contributed by atoms with Crippen molar-refractivity contribution in [2.75, 3.05) is 19.6 Å². The molecule has 90 valence electrons. The molecule has 1 N–H and O–H groups in total. The van der Waals surface area contributed by atoms with Crippen molar-refractivity contribution >= 4 is 0 Å². The van der Waals surface area contributed by atoms with E-state index in [0.717, 1.165) is 12.1 Å². The van der Waals surface area contributed by atoms with Crippen molar-refractivity contribution in [3.05, 3.63) is 0 Å². The van der Waals surface area contributed by atoms with Crippen LogP contribution >= 0.6 is 0 Å². The zero-order valence-corrected chi connectivity index (χ0v) is 10.8. The monoisotopic (exact) mass is 212 g/mol. The van der Waals surface area contributed by atoms with E-state index >= 15 is 0 Å². The lowest BCUT2D eigenvalue weighted by Gasteiger charge is -2.38. The van der Waals surface area contributed by atoms with Crippen molar-refractivity contribution in [3.8, 4) is 0 Å². The number of hydrogen-bond donors (Lipinski definition) is 1. The third-order valence-corrected chi connectivity index (χ3v) is 3.53. The Morgan fingerprint density at radius 3 is 2.40 bits per heavy atom. The van der Waals surface area contributed by atoms with Gasteiger partial charge in [0.15, 0.2) is 0 Å². The molecule has 2 nitrogen and oxygen atoms in total. The van der Waals surface area contributed by atoms with E-state index in [9.17, 15) is 0 Å². The highest BCUT2D eigenvalue weighted by Crippen LogP contribution is 2.18. The molecular formula is C13H28N2. The highest BCUT2D eigenvalue weighted by atomic mass is 15.2. The second kappa shape index (κ2) is 7.24. The van der Waals surface area contributed by atoms with Crippen LogP contribution in [0.1, 0.15) is 52.9 Å². The lowest BCUT2D eigenvalue weighted by atomic mass is 10.0. The molecule has 15 heavy (non-hydrogen) atoms. The van der Waals surface area contributed by atoms with Crippen molar-refractivity contribution in [1.29, 1.82) is 0 Å². The van der Waals surface area contributed by atoms with Crippen molar-refractivity contribution in [3.63, 3.8) is 0 Å². The summed E-state index contributed by atoms with van der Waals surface area (Å²) in [5.74, 6) is 0. The summed E-state index contributed by atoms with van der Waals surface area (Å²) in [7, 11) is 0. The van der Waals surface area contributed by atoms with Gasteiger partial charge in [-0.25, -0.2) is 0 Å². The highest BCUT2D eigenvalue weighted by Gasteiger charge is 2.23. The van der Waals surface area contributed by atoms with Gasteiger partial charge in [-0.3, -0.25) is 4.90 Å². The van der Waals surface area contributed by atoms with Gasteiger partial charge in [-0.2, -0.15) is 0 Å². The largest absolute Gasteiger partial charge is 0.317 e. The predicted octanol–water partition coefficient (Wildman–Crippen LogP) is 2.64. The molecule has 1 atom stereocenters. The zero-order valence-electron chi connectivity index (χ0n) is 10.8. The van der Waals surface area contributed by atoms with E-state index in [1.165, 1.54) is 51.7 Å². The van der Waals surface area contributed by atoms with Crippen LogP contribution in [0.3, 0.4) is 0 Å². The summed E-state index contributed by atoms with van der Waals surface area (Å²) in [5, 5.41) is 3.46. The van der Waals surface area contributed by atoms with Crippen molar-refractivity contribution in [2.45, 2.75) is 65.0 Å². The molecule has 0 aromatic rings. The number of nitrogens with zero attached hydrogens (tertiary/aromatic N) is 1. The summed E-state index contributed by atoms with van der Waals surface area (Å²) in [6.45, 7) is 10.7. The normalized spacial score (nSPS) is 20.8. The Balaban J connectivity index is 2.46. The topological polar surface area (TPSA) is 15.3 Å². The zero-order chi connectivity index (χ0) is 11.1. The van der Waals surface area contributed by atoms with Gasteiger partial charge in [0.25, 0.3) is 0 Å². The van der Waals surface area contributed by atoms with E-state index < -0.39 is 0 Å². The Hall–Kier alpha value is -0.0800. The Kier molecular flexibility index (Phi) is 6.26. The summed E-state index contributed by atoms with van der Waals surface area (Å²) in [6, 6.07) is 1.62. The smallest absolute Gasteiger partial charge is 0.0122 e. The average molecular weight is 212 g/mol. The van der Waals surface area contributed by atoms with E-state index in [0.29, 0.717) is 0 Å². The summed E-state index contributed by atoms with van der Waals surface area (Å²) >= 11 is 0. The quantitative estimate of drug-likeness (QED) is 0.728. The fourth-order valence-corrected chi connectivity index (χ4v) is 2.74. The maximum Gasteiger partial charge on any atom is 0.0122 e. The predicted molar refractivity (Wildman–Crippen MR) is 67.3 cm³/mol. The van der Waals surface area contributed by atoms with E-state index in [1.807, 2.05) is 0 Å². The third kappa shape index (κ3) is 4.12. The summed E-state index contributed by atoms with van der Waals surface area (Å²) in [4.78, 5) is 2.75. The molecule has 0 aliphatic carbocycles. The molecule has 0 saturated carbocycles. The van der Waals surface area contributed by atoms with Crippen LogP contribution < -0.4 is 5.32 Å². The van der Waals surface area contributed by atoms with E-state index in [4.69, 9.17) is 0 Å². The van der Waals surface area contributed by atoms with Gasteiger partial charge in [-0.05, 0) is 52.2 Å². The van der Waals surface area contributed by atoms with E-state index in [2.05, 4.69) is 31.0 Å². The van der Waals surface area contributed by atoms with Gasteiger partial charge in [0, 0.05) is 12.1 Å². The molecule has 1 saturated heterocycles. The van der Waals surface area contributed by atoms with Gasteiger partial charge in [-0.15, -0.1) is 0 Å². The van der Waals surface area contributed by atoms with Crippen LogP contribution in [0.25, 0.3) is 0 Å². The molecule has 0 bridgehead atoms. The minimum Gasteiger partial charge on any atom is -0.317 e. The molecule has 1 heterocycles. The summed E-state index contributed by atoms with van der Waals surface area (Å²) < 4.78 is 0. The number of hydrogen-bond acceptors (Lipinski definition) is 2. The number of rotatable bonds is 6. The van der Waals surface area contributed by atoms with Crippen molar-refractivity contribution in [2.24, 2.45) is 0 Å². The number of piperidine rings is 1. The molecule has 0 radical (unpaired) electrons. The standard InChI is InChI=1S/C13H28N2/c1-4-6-12(3)15(11-5-2)13-7-9-14-10-8-13/h12-14H,4-11H2,1-3H3. The molecule has 1 fully saturated rings. The van der Waals surface area contributed by atoms with Crippen LogP contribution in [0, 0.1) is 0 Å². The molecule has 0 aromatic carbocycles. The molecule has 0 spiro atoms. The molecular weight excluding hydrogens is 184 g/mol. The molecule has 0 amide bonds. The van der Waals surface area contributed by atoms with Crippen LogP contribution in [0.2, 0.25) is 0 Å². The van der Waals surface area contributed by atoms with Crippen molar-refractivity contribution in [1.82, 2.24) is 10.2 Å². The van der Waals surface area contributed by atoms with Gasteiger partial charge in [0.2, 0.25) is 0 Å². The first-order valence-electron chi connectivity index (χ1n) is 6.76. The van der Waals surface area contributed by atoms with Gasteiger partial charge >= 0.3 is 0 Å². The van der Waals surface area contributed by atoms with Gasteiger partial charge in [-0.1, -0.05) is 20.3 Å². The first kappa shape index (κ1) is 13.0. The Bertz CT molecular complexity index is 153. The van der Waals surface area contributed by atoms with Crippen LogP contribution in [0.5, 0.6) is 0 Å². The minimum absolute atomic E-state index is 0.776. The molecule has 1 unspecified atom stereocenters. The summed E-state index contributed by atoms with van der Waals surface area (Å²) in [6.07, 6.45) is 6.64. The first-order chi connectivity index (χ1) is 7.29. The lowest BCUT2D eigenvalue weighted by Crippen LogP contribution is -2.47. The molecule has 0 aromatic heterocycles. The SMILES string of the molecule is CCCC(C)N(CCC)C1CCNCC1. The summed E-state index contributed by atoms with van der Waals surface area (Å²) in [5.41, 5.74) is 0. The van der Waals surface area contributed by atoms with Crippen LogP contribution in [-0.4, -0.2) is 36.6 Å². The van der Waals surface area contributed by atoms with Crippen LogP contribution in [-0.2, 0) is 0 Å². The lowest BCUT2D eigenvalue weighted by molar-refractivity contribution is 0.111. The van der Waals surface area contributed by atoms with E-state index in [1.54, 1.807) is 0 Å². The van der Waals surface area contributed by atoms with Crippen molar-refractivity contribution < 1.29 is 0 Å².